The van der Waals surface area contributed by atoms with Crippen LogP contribution in [0.1, 0.15) is 0 Å². The summed E-state index contributed by atoms with van der Waals surface area (Å²) in [6, 6.07) is 17.3. The zero-order valence-corrected chi connectivity index (χ0v) is 15.2. The Balaban J connectivity index is 1.37. The molecule has 4 aromatic rings. The summed E-state index contributed by atoms with van der Waals surface area (Å²) >= 11 is 0. The highest BCUT2D eigenvalue weighted by Gasteiger charge is 2.19. The lowest BCUT2D eigenvalue weighted by Gasteiger charge is -2.36. The van der Waals surface area contributed by atoms with E-state index in [9.17, 15) is 5.11 Å². The Morgan fingerprint density at radius 2 is 1.68 bits per heavy atom. The Morgan fingerprint density at radius 1 is 0.857 bits per heavy atom. The summed E-state index contributed by atoms with van der Waals surface area (Å²) in [6.45, 7) is 3.59. The van der Waals surface area contributed by atoms with E-state index in [4.69, 9.17) is 4.52 Å². The number of hydrogen-bond donors (Lipinski definition) is 1. The van der Waals surface area contributed by atoms with Crippen LogP contribution >= 0.6 is 0 Å². The number of fused-ring (bicyclic) bond motifs is 1. The number of rotatable bonds is 3. The number of benzene rings is 2. The number of hydrogen-bond acceptors (Lipinski definition) is 7. The van der Waals surface area contributed by atoms with Crippen molar-refractivity contribution in [2.75, 3.05) is 36.0 Å². The van der Waals surface area contributed by atoms with Crippen molar-refractivity contribution in [1.29, 1.82) is 0 Å². The van der Waals surface area contributed by atoms with Crippen LogP contribution in [0.3, 0.4) is 0 Å². The van der Waals surface area contributed by atoms with Gasteiger partial charge in [-0.15, -0.1) is 10.2 Å². The summed E-state index contributed by atoms with van der Waals surface area (Å²) in [5.74, 6) is 1.10. The molecule has 5 rings (SSSR count). The van der Waals surface area contributed by atoms with Crippen LogP contribution in [0.2, 0.25) is 0 Å². The summed E-state index contributed by atoms with van der Waals surface area (Å²) < 4.78 is 4.94. The molecule has 1 N–H and O–H groups in total. The van der Waals surface area contributed by atoms with Crippen LogP contribution < -0.4 is 9.80 Å². The van der Waals surface area contributed by atoms with Crippen molar-refractivity contribution in [2.45, 2.75) is 0 Å². The normalized spacial score (nSPS) is 14.6. The Hall–Kier alpha value is -3.61. The zero-order chi connectivity index (χ0) is 18.9. The Kier molecular flexibility index (Phi) is 4.05. The third kappa shape index (κ3) is 3.00. The SMILES string of the molecule is Oc1ccccc1-c1cc2ccc(N3CCN(c4ccon4)CC3)cc2nn1. The second kappa shape index (κ2) is 6.84. The number of aromatic hydroxyl groups is 1. The van der Waals surface area contributed by atoms with E-state index in [0.29, 0.717) is 11.3 Å². The number of nitrogens with zero attached hydrogens (tertiary/aromatic N) is 5. The molecule has 1 saturated heterocycles. The highest BCUT2D eigenvalue weighted by molar-refractivity contribution is 5.85. The molecule has 0 bridgehead atoms. The highest BCUT2D eigenvalue weighted by atomic mass is 16.5. The van der Waals surface area contributed by atoms with Gasteiger partial charge in [-0.2, -0.15) is 0 Å². The van der Waals surface area contributed by atoms with Crippen LogP contribution in [0.5, 0.6) is 5.75 Å². The monoisotopic (exact) mass is 373 g/mol. The molecule has 28 heavy (non-hydrogen) atoms. The molecule has 2 aromatic heterocycles. The molecule has 0 amide bonds. The van der Waals surface area contributed by atoms with Crippen LogP contribution in [-0.4, -0.2) is 46.6 Å². The van der Waals surface area contributed by atoms with Gasteiger partial charge in [-0.25, -0.2) is 0 Å². The molecule has 0 radical (unpaired) electrons. The lowest BCUT2D eigenvalue weighted by molar-refractivity contribution is 0.418. The lowest BCUT2D eigenvalue weighted by atomic mass is 10.1. The first-order chi connectivity index (χ1) is 13.8. The van der Waals surface area contributed by atoms with Gasteiger partial charge in [0.25, 0.3) is 0 Å². The molecule has 1 fully saturated rings. The summed E-state index contributed by atoms with van der Waals surface area (Å²) in [5, 5.41) is 23.8. The molecule has 0 unspecified atom stereocenters. The maximum atomic E-state index is 10.1. The summed E-state index contributed by atoms with van der Waals surface area (Å²) in [7, 11) is 0. The van der Waals surface area contributed by atoms with E-state index < -0.39 is 0 Å². The van der Waals surface area contributed by atoms with Crippen molar-refractivity contribution >= 4 is 22.4 Å². The van der Waals surface area contributed by atoms with E-state index in [1.165, 1.54) is 0 Å². The minimum atomic E-state index is 0.206. The topological polar surface area (TPSA) is 78.5 Å². The van der Waals surface area contributed by atoms with Crippen molar-refractivity contribution in [3.63, 3.8) is 0 Å². The van der Waals surface area contributed by atoms with Gasteiger partial charge in [0.15, 0.2) is 5.82 Å². The standard InChI is InChI=1S/C21H19N5O2/c27-20-4-2-1-3-17(20)19-13-15-5-6-16(14-18(15)22-23-19)25-8-10-26(11-9-25)21-7-12-28-24-21/h1-7,12-14,27H,8-11H2. The first-order valence-electron chi connectivity index (χ1n) is 9.24. The second-order valence-electron chi connectivity index (χ2n) is 6.82. The maximum Gasteiger partial charge on any atom is 0.172 e. The van der Waals surface area contributed by atoms with Gasteiger partial charge < -0.3 is 19.4 Å². The van der Waals surface area contributed by atoms with Gasteiger partial charge in [-0.05, 0) is 30.3 Å². The minimum Gasteiger partial charge on any atom is -0.507 e. The predicted molar refractivity (Wildman–Crippen MR) is 108 cm³/mol. The van der Waals surface area contributed by atoms with Gasteiger partial charge in [-0.1, -0.05) is 23.4 Å². The quantitative estimate of drug-likeness (QED) is 0.590. The van der Waals surface area contributed by atoms with Gasteiger partial charge in [0.1, 0.15) is 12.0 Å². The van der Waals surface area contributed by atoms with Crippen LogP contribution in [-0.2, 0) is 0 Å². The summed E-state index contributed by atoms with van der Waals surface area (Å²) in [4.78, 5) is 4.56. The fourth-order valence-corrected chi connectivity index (χ4v) is 3.61. The van der Waals surface area contributed by atoms with Crippen LogP contribution in [0.15, 0.2) is 65.4 Å². The molecular formula is C21H19N5O2. The van der Waals surface area contributed by atoms with Crippen molar-refractivity contribution in [2.24, 2.45) is 0 Å². The van der Waals surface area contributed by atoms with E-state index in [2.05, 4.69) is 43.4 Å². The van der Waals surface area contributed by atoms with Crippen molar-refractivity contribution < 1.29 is 9.63 Å². The molecule has 0 aliphatic carbocycles. The highest BCUT2D eigenvalue weighted by Crippen LogP contribution is 2.29. The largest absolute Gasteiger partial charge is 0.507 e. The minimum absolute atomic E-state index is 0.206. The van der Waals surface area contributed by atoms with Crippen molar-refractivity contribution in [3.8, 4) is 17.0 Å². The number of phenolic OH excluding ortho intramolecular Hbond substituents is 1. The fraction of sp³-hybridized carbons (Fsp3) is 0.190. The molecule has 140 valence electrons. The Bertz CT molecular complexity index is 1100. The van der Waals surface area contributed by atoms with Crippen LogP contribution in [0.25, 0.3) is 22.2 Å². The van der Waals surface area contributed by atoms with Crippen molar-refractivity contribution in [1.82, 2.24) is 15.4 Å². The summed E-state index contributed by atoms with van der Waals surface area (Å²) in [6.07, 6.45) is 1.60. The third-order valence-corrected chi connectivity index (χ3v) is 5.14. The van der Waals surface area contributed by atoms with Crippen LogP contribution in [0, 0.1) is 0 Å². The average Bonchev–Trinajstić information content (AvgIpc) is 3.28. The molecule has 0 spiro atoms. The van der Waals surface area contributed by atoms with E-state index in [1.54, 1.807) is 18.4 Å². The molecule has 7 heteroatoms. The van der Waals surface area contributed by atoms with E-state index in [0.717, 1.165) is 48.6 Å². The maximum absolute atomic E-state index is 10.1. The van der Waals surface area contributed by atoms with Gasteiger partial charge in [0, 0.05) is 48.9 Å². The van der Waals surface area contributed by atoms with Crippen LogP contribution in [0.4, 0.5) is 11.5 Å². The Labute approximate surface area is 161 Å². The molecular weight excluding hydrogens is 354 g/mol. The first-order valence-corrected chi connectivity index (χ1v) is 9.24. The predicted octanol–water partition coefficient (Wildman–Crippen LogP) is 3.32. The molecule has 2 aromatic carbocycles. The lowest BCUT2D eigenvalue weighted by Crippen LogP contribution is -2.46. The number of anilines is 2. The third-order valence-electron chi connectivity index (χ3n) is 5.14. The molecule has 7 nitrogen and oxygen atoms in total. The number of phenols is 1. The summed E-state index contributed by atoms with van der Waals surface area (Å²) in [5.41, 5.74) is 3.33. The molecule has 0 atom stereocenters. The Morgan fingerprint density at radius 3 is 2.46 bits per heavy atom. The van der Waals surface area contributed by atoms with Gasteiger partial charge in [-0.3, -0.25) is 0 Å². The second-order valence-corrected chi connectivity index (χ2v) is 6.82. The molecule has 1 aliphatic rings. The van der Waals surface area contributed by atoms with E-state index in [1.807, 2.05) is 24.3 Å². The van der Waals surface area contributed by atoms with Gasteiger partial charge in [0.2, 0.25) is 0 Å². The number of piperazine rings is 1. The van der Waals surface area contributed by atoms with Crippen molar-refractivity contribution in [3.05, 3.63) is 60.9 Å². The number of aromatic nitrogens is 3. The fourth-order valence-electron chi connectivity index (χ4n) is 3.61. The zero-order valence-electron chi connectivity index (χ0n) is 15.2. The average molecular weight is 373 g/mol. The van der Waals surface area contributed by atoms with E-state index in [-0.39, 0.29) is 5.75 Å². The van der Waals surface area contributed by atoms with Gasteiger partial charge in [0.05, 0.1) is 11.2 Å². The molecule has 1 aliphatic heterocycles. The first kappa shape index (κ1) is 16.6. The molecule has 0 saturated carbocycles. The van der Waals surface area contributed by atoms with Gasteiger partial charge >= 0.3 is 0 Å². The number of para-hydroxylation sites is 1. The molecule has 3 heterocycles. The van der Waals surface area contributed by atoms with E-state index >= 15 is 0 Å². The smallest absolute Gasteiger partial charge is 0.172 e.